The predicted octanol–water partition coefficient (Wildman–Crippen LogP) is 3.76. The third-order valence-corrected chi connectivity index (χ3v) is 6.97. The second-order valence-corrected chi connectivity index (χ2v) is 9.28. The summed E-state index contributed by atoms with van der Waals surface area (Å²) in [6.07, 6.45) is 11.7. The minimum atomic E-state index is -0.469. The number of tetrazole rings is 1. The Balaban J connectivity index is 1.49. The molecule has 5 rings (SSSR count). The number of nitrogens with zero attached hydrogens (tertiary/aromatic N) is 6. The monoisotopic (exact) mass is 473 g/mol. The first-order chi connectivity index (χ1) is 17.2. The van der Waals surface area contributed by atoms with Crippen LogP contribution in [0.25, 0.3) is 22.5 Å². The Labute approximate surface area is 203 Å². The number of rotatable bonds is 8. The van der Waals surface area contributed by atoms with Crippen molar-refractivity contribution in [1.82, 2.24) is 34.7 Å². The van der Waals surface area contributed by atoms with Gasteiger partial charge in [0.1, 0.15) is 0 Å². The Bertz CT molecular complexity index is 1310. The largest absolute Gasteiger partial charge is 0.391 e. The molecule has 2 atom stereocenters. The Morgan fingerprint density at radius 3 is 2.66 bits per heavy atom. The van der Waals surface area contributed by atoms with Crippen molar-refractivity contribution in [3.63, 3.8) is 0 Å². The van der Waals surface area contributed by atoms with Gasteiger partial charge in [-0.2, -0.15) is 0 Å². The molecular formula is C26H31N7O2. The number of aromatic amines is 1. The van der Waals surface area contributed by atoms with E-state index in [4.69, 9.17) is 0 Å². The Morgan fingerprint density at radius 1 is 1.11 bits per heavy atom. The number of hydrogen-bond acceptors (Lipinski definition) is 6. The molecular weight excluding hydrogens is 442 g/mol. The number of unbranched alkanes of at least 4 members (excludes halogenated alkanes) is 1. The van der Waals surface area contributed by atoms with E-state index in [1.807, 2.05) is 47.3 Å². The van der Waals surface area contributed by atoms with E-state index in [1.54, 1.807) is 10.8 Å². The lowest BCUT2D eigenvalue weighted by molar-refractivity contribution is 0.0736. The molecule has 0 radical (unpaired) electrons. The molecule has 182 valence electrons. The molecule has 1 aliphatic carbocycles. The number of aliphatic hydroxyl groups is 1. The summed E-state index contributed by atoms with van der Waals surface area (Å²) >= 11 is 0. The smallest absolute Gasteiger partial charge is 0.329 e. The molecule has 0 spiro atoms. The van der Waals surface area contributed by atoms with Crippen LogP contribution in [-0.4, -0.2) is 46.0 Å². The van der Waals surface area contributed by atoms with Gasteiger partial charge in [0.15, 0.2) is 5.82 Å². The summed E-state index contributed by atoms with van der Waals surface area (Å²) in [5, 5.41) is 24.6. The number of aryl methyl sites for hydroxylation is 1. The zero-order valence-corrected chi connectivity index (χ0v) is 20.0. The van der Waals surface area contributed by atoms with Crippen LogP contribution in [0.1, 0.15) is 62.7 Å². The SMILES string of the molecule is CCCCc1cn(C2CCCCC2O)c(=O)n1Cc1cnccc1-c1ccc(-c2nnn[nH]2)cc1. The second-order valence-electron chi connectivity index (χ2n) is 9.28. The highest BCUT2D eigenvalue weighted by atomic mass is 16.3. The highest BCUT2D eigenvalue weighted by molar-refractivity contribution is 5.69. The van der Waals surface area contributed by atoms with Gasteiger partial charge >= 0.3 is 5.69 Å². The molecule has 2 N–H and O–H groups in total. The van der Waals surface area contributed by atoms with Crippen molar-refractivity contribution in [3.05, 3.63) is 70.7 Å². The van der Waals surface area contributed by atoms with Crippen molar-refractivity contribution in [3.8, 4) is 22.5 Å². The van der Waals surface area contributed by atoms with Gasteiger partial charge in [-0.05, 0) is 58.9 Å². The lowest BCUT2D eigenvalue weighted by atomic mass is 9.92. The van der Waals surface area contributed by atoms with Gasteiger partial charge in [0, 0.05) is 29.8 Å². The van der Waals surface area contributed by atoms with Crippen molar-refractivity contribution < 1.29 is 5.11 Å². The van der Waals surface area contributed by atoms with E-state index in [0.717, 1.165) is 72.9 Å². The molecule has 0 aliphatic heterocycles. The molecule has 35 heavy (non-hydrogen) atoms. The van der Waals surface area contributed by atoms with Gasteiger partial charge in [-0.3, -0.25) is 14.1 Å². The first-order valence-corrected chi connectivity index (χ1v) is 12.4. The maximum Gasteiger partial charge on any atom is 0.329 e. The van der Waals surface area contributed by atoms with Crippen LogP contribution in [-0.2, 0) is 13.0 Å². The molecule has 3 aromatic heterocycles. The van der Waals surface area contributed by atoms with Crippen molar-refractivity contribution in [1.29, 1.82) is 0 Å². The standard InChI is InChI=1S/C26H31N7O2/c1-2-3-6-21-17-33(23-7-4-5-8-24(23)34)26(35)32(21)16-20-15-27-14-13-22(20)18-9-11-19(12-10-18)25-28-30-31-29-25/h9-15,17,23-24,34H,2-8,16H2,1H3,(H,28,29,30,31). The van der Waals surface area contributed by atoms with Crippen LogP contribution < -0.4 is 5.69 Å². The van der Waals surface area contributed by atoms with Crippen LogP contribution in [0, 0.1) is 0 Å². The van der Waals surface area contributed by atoms with E-state index in [9.17, 15) is 9.90 Å². The fourth-order valence-corrected chi connectivity index (χ4v) is 5.02. The molecule has 9 nitrogen and oxygen atoms in total. The minimum absolute atomic E-state index is 0.0509. The number of pyridine rings is 1. The van der Waals surface area contributed by atoms with Gasteiger partial charge < -0.3 is 5.11 Å². The van der Waals surface area contributed by atoms with Crippen LogP contribution in [0.2, 0.25) is 0 Å². The van der Waals surface area contributed by atoms with Crippen LogP contribution in [0.5, 0.6) is 0 Å². The van der Waals surface area contributed by atoms with Gasteiger partial charge in [-0.25, -0.2) is 9.89 Å². The average molecular weight is 474 g/mol. The fraction of sp³-hybridized carbons (Fsp3) is 0.423. The van der Waals surface area contributed by atoms with Crippen molar-refractivity contribution in [2.24, 2.45) is 0 Å². The minimum Gasteiger partial charge on any atom is -0.391 e. The summed E-state index contributed by atoms with van der Waals surface area (Å²) in [4.78, 5) is 18.0. The Morgan fingerprint density at radius 2 is 1.91 bits per heavy atom. The van der Waals surface area contributed by atoms with E-state index in [1.165, 1.54) is 0 Å². The number of aromatic nitrogens is 7. The summed E-state index contributed by atoms with van der Waals surface area (Å²) < 4.78 is 3.65. The second kappa shape index (κ2) is 10.4. The molecule has 3 heterocycles. The molecule has 0 amide bonds. The summed E-state index contributed by atoms with van der Waals surface area (Å²) in [5.74, 6) is 0.616. The topological polar surface area (TPSA) is 115 Å². The maximum absolute atomic E-state index is 13.6. The first kappa shape index (κ1) is 23.2. The van der Waals surface area contributed by atoms with Gasteiger partial charge in [0.05, 0.1) is 18.7 Å². The molecule has 9 heteroatoms. The van der Waals surface area contributed by atoms with Gasteiger partial charge in [-0.1, -0.05) is 50.5 Å². The van der Waals surface area contributed by atoms with E-state index >= 15 is 0 Å². The summed E-state index contributed by atoms with van der Waals surface area (Å²) in [7, 11) is 0. The molecule has 4 aromatic rings. The zero-order chi connectivity index (χ0) is 24.2. The third kappa shape index (κ3) is 4.81. The molecule has 0 bridgehead atoms. The lowest BCUT2D eigenvalue weighted by Gasteiger charge is -2.27. The predicted molar refractivity (Wildman–Crippen MR) is 133 cm³/mol. The summed E-state index contributed by atoms with van der Waals surface area (Å²) in [6, 6.07) is 9.84. The molecule has 0 saturated heterocycles. The van der Waals surface area contributed by atoms with E-state index < -0.39 is 6.10 Å². The number of nitrogens with one attached hydrogen (secondary N) is 1. The number of H-pyrrole nitrogens is 1. The van der Waals surface area contributed by atoms with Gasteiger partial charge in [-0.15, -0.1) is 5.10 Å². The third-order valence-electron chi connectivity index (χ3n) is 6.97. The van der Waals surface area contributed by atoms with Crippen LogP contribution in [0.4, 0.5) is 0 Å². The van der Waals surface area contributed by atoms with E-state index in [-0.39, 0.29) is 11.7 Å². The Kier molecular flexibility index (Phi) is 6.85. The number of aliphatic hydroxyl groups excluding tert-OH is 1. The molecule has 1 aliphatic rings. The van der Waals surface area contributed by atoms with Gasteiger partial charge in [0.2, 0.25) is 0 Å². The van der Waals surface area contributed by atoms with Crippen LogP contribution in [0.15, 0.2) is 53.7 Å². The summed E-state index contributed by atoms with van der Waals surface area (Å²) in [6.45, 7) is 2.59. The fourth-order valence-electron chi connectivity index (χ4n) is 5.02. The highest BCUT2D eigenvalue weighted by Gasteiger charge is 2.27. The van der Waals surface area contributed by atoms with E-state index in [0.29, 0.717) is 12.4 Å². The molecule has 2 unspecified atom stereocenters. The quantitative estimate of drug-likeness (QED) is 0.403. The van der Waals surface area contributed by atoms with Crippen LogP contribution in [0.3, 0.4) is 0 Å². The molecule has 1 fully saturated rings. The summed E-state index contributed by atoms with van der Waals surface area (Å²) in [5.41, 5.74) is 4.89. The number of imidazole rings is 1. The molecule has 1 saturated carbocycles. The van der Waals surface area contributed by atoms with Crippen LogP contribution >= 0.6 is 0 Å². The lowest BCUT2D eigenvalue weighted by Crippen LogP contribution is -2.35. The number of benzene rings is 1. The van der Waals surface area contributed by atoms with Gasteiger partial charge in [0.25, 0.3) is 0 Å². The average Bonchev–Trinajstić information content (AvgIpc) is 3.53. The molecule has 1 aromatic carbocycles. The van der Waals surface area contributed by atoms with Crippen molar-refractivity contribution in [2.75, 3.05) is 0 Å². The first-order valence-electron chi connectivity index (χ1n) is 12.4. The number of hydrogen-bond donors (Lipinski definition) is 2. The highest BCUT2D eigenvalue weighted by Crippen LogP contribution is 2.29. The van der Waals surface area contributed by atoms with Crippen molar-refractivity contribution in [2.45, 2.75) is 70.6 Å². The maximum atomic E-state index is 13.6. The van der Waals surface area contributed by atoms with E-state index in [2.05, 4.69) is 32.5 Å². The Hall–Kier alpha value is -3.59. The normalized spacial score (nSPS) is 18.1. The zero-order valence-electron chi connectivity index (χ0n) is 20.0. The van der Waals surface area contributed by atoms with Crippen molar-refractivity contribution >= 4 is 0 Å².